The van der Waals surface area contributed by atoms with E-state index >= 15 is 0 Å². The molecule has 94 valence electrons. The van der Waals surface area contributed by atoms with Gasteiger partial charge in [-0.2, -0.15) is 0 Å². The molecule has 0 saturated heterocycles. The zero-order chi connectivity index (χ0) is 12.3. The zero-order valence-corrected chi connectivity index (χ0v) is 10.9. The monoisotopic (exact) mass is 253 g/mol. The molecule has 1 aromatic heterocycles. The van der Waals surface area contributed by atoms with E-state index in [1.54, 1.807) is 11.3 Å². The highest BCUT2D eigenvalue weighted by Gasteiger charge is 2.38. The molecule has 3 nitrogen and oxygen atoms in total. The summed E-state index contributed by atoms with van der Waals surface area (Å²) < 4.78 is 0. The Bertz CT molecular complexity index is 377. The summed E-state index contributed by atoms with van der Waals surface area (Å²) >= 11 is 1.60. The van der Waals surface area contributed by atoms with Crippen LogP contribution >= 0.6 is 11.3 Å². The van der Waals surface area contributed by atoms with Crippen LogP contribution in [0.25, 0.3) is 0 Å². The number of rotatable bonds is 4. The molecule has 17 heavy (non-hydrogen) atoms. The van der Waals surface area contributed by atoms with Gasteiger partial charge in [-0.05, 0) is 24.3 Å². The molecule has 0 spiro atoms. The molecule has 2 atom stereocenters. The van der Waals surface area contributed by atoms with Gasteiger partial charge in [0.25, 0.3) is 0 Å². The number of carbonyl (C=O) groups is 1. The van der Waals surface area contributed by atoms with E-state index < -0.39 is 0 Å². The van der Waals surface area contributed by atoms with Crippen molar-refractivity contribution in [2.24, 2.45) is 5.41 Å². The second-order valence-electron chi connectivity index (χ2n) is 5.08. The number of aliphatic hydroxyl groups is 1. The van der Waals surface area contributed by atoms with Gasteiger partial charge in [-0.1, -0.05) is 19.4 Å². The minimum absolute atomic E-state index is 0.0685. The number of amides is 1. The van der Waals surface area contributed by atoms with Gasteiger partial charge in [-0.15, -0.1) is 11.3 Å². The Morgan fingerprint density at radius 1 is 1.71 bits per heavy atom. The first-order valence-corrected chi connectivity index (χ1v) is 6.94. The standard InChI is InChI=1S/C13H19NO2S/c1-13(9-15)6-2-5-11(13)14-12(16)8-10-4-3-7-17-10/h3-4,7,11,15H,2,5-6,8-9H2,1H3,(H,14,16). The van der Waals surface area contributed by atoms with Crippen molar-refractivity contribution >= 4 is 17.2 Å². The van der Waals surface area contributed by atoms with E-state index in [9.17, 15) is 9.90 Å². The maximum Gasteiger partial charge on any atom is 0.225 e. The van der Waals surface area contributed by atoms with E-state index in [2.05, 4.69) is 12.2 Å². The van der Waals surface area contributed by atoms with Crippen LogP contribution in [0.1, 0.15) is 31.1 Å². The van der Waals surface area contributed by atoms with Crippen LogP contribution in [0.5, 0.6) is 0 Å². The smallest absolute Gasteiger partial charge is 0.225 e. The summed E-state index contributed by atoms with van der Waals surface area (Å²) in [6.07, 6.45) is 3.51. The van der Waals surface area contributed by atoms with Crippen molar-refractivity contribution in [1.82, 2.24) is 5.32 Å². The minimum Gasteiger partial charge on any atom is -0.396 e. The van der Waals surface area contributed by atoms with Crippen LogP contribution < -0.4 is 5.32 Å². The molecule has 0 radical (unpaired) electrons. The van der Waals surface area contributed by atoms with E-state index in [-0.39, 0.29) is 24.0 Å². The molecule has 4 heteroatoms. The van der Waals surface area contributed by atoms with Gasteiger partial charge in [0.15, 0.2) is 0 Å². The largest absolute Gasteiger partial charge is 0.396 e. The lowest BCUT2D eigenvalue weighted by Gasteiger charge is -2.30. The van der Waals surface area contributed by atoms with Crippen LogP contribution in [-0.4, -0.2) is 23.7 Å². The summed E-state index contributed by atoms with van der Waals surface area (Å²) in [7, 11) is 0. The summed E-state index contributed by atoms with van der Waals surface area (Å²) in [6.45, 7) is 2.20. The third-order valence-corrected chi connectivity index (χ3v) is 4.57. The lowest BCUT2D eigenvalue weighted by Crippen LogP contribution is -2.45. The Hall–Kier alpha value is -0.870. The first-order valence-electron chi connectivity index (χ1n) is 6.07. The number of hydrogen-bond donors (Lipinski definition) is 2. The average Bonchev–Trinajstić information content (AvgIpc) is 2.91. The van der Waals surface area contributed by atoms with E-state index in [1.807, 2.05) is 17.5 Å². The molecule has 1 fully saturated rings. The summed E-state index contributed by atoms with van der Waals surface area (Å²) in [4.78, 5) is 13.0. The maximum absolute atomic E-state index is 11.9. The molecule has 0 bridgehead atoms. The molecular weight excluding hydrogens is 234 g/mol. The van der Waals surface area contributed by atoms with E-state index in [1.165, 1.54) is 0 Å². The van der Waals surface area contributed by atoms with Gasteiger partial charge in [0.1, 0.15) is 0 Å². The highest BCUT2D eigenvalue weighted by Crippen LogP contribution is 2.37. The Morgan fingerprint density at radius 2 is 2.53 bits per heavy atom. The molecule has 2 unspecified atom stereocenters. The molecule has 1 aliphatic rings. The Morgan fingerprint density at radius 3 is 3.18 bits per heavy atom. The van der Waals surface area contributed by atoms with Crippen molar-refractivity contribution in [3.8, 4) is 0 Å². The van der Waals surface area contributed by atoms with E-state index in [0.717, 1.165) is 24.1 Å². The molecule has 1 aliphatic carbocycles. The predicted octanol–water partition coefficient (Wildman–Crippen LogP) is 1.96. The van der Waals surface area contributed by atoms with Crippen LogP contribution in [0.2, 0.25) is 0 Å². The second-order valence-corrected chi connectivity index (χ2v) is 6.11. The molecule has 2 rings (SSSR count). The quantitative estimate of drug-likeness (QED) is 0.861. The molecular formula is C13H19NO2S. The van der Waals surface area contributed by atoms with E-state index in [4.69, 9.17) is 0 Å². The third kappa shape index (κ3) is 2.87. The van der Waals surface area contributed by atoms with Gasteiger partial charge in [0.2, 0.25) is 5.91 Å². The van der Waals surface area contributed by atoms with Gasteiger partial charge < -0.3 is 10.4 Å². The fourth-order valence-electron chi connectivity index (χ4n) is 2.49. The van der Waals surface area contributed by atoms with E-state index in [0.29, 0.717) is 6.42 Å². The molecule has 1 aromatic rings. The topological polar surface area (TPSA) is 49.3 Å². The fourth-order valence-corrected chi connectivity index (χ4v) is 3.19. The predicted molar refractivity (Wildman–Crippen MR) is 69.0 cm³/mol. The number of carbonyl (C=O) groups excluding carboxylic acids is 1. The van der Waals surface area contributed by atoms with Crippen molar-refractivity contribution in [1.29, 1.82) is 0 Å². The van der Waals surface area contributed by atoms with Crippen LogP contribution in [0.15, 0.2) is 17.5 Å². The van der Waals surface area contributed by atoms with Gasteiger partial charge in [-0.25, -0.2) is 0 Å². The molecule has 1 amide bonds. The number of thiophene rings is 1. The average molecular weight is 253 g/mol. The summed E-state index contributed by atoms with van der Waals surface area (Å²) in [6, 6.07) is 4.06. The van der Waals surface area contributed by atoms with Crippen molar-refractivity contribution in [3.05, 3.63) is 22.4 Å². The summed E-state index contributed by atoms with van der Waals surface area (Å²) in [5.41, 5.74) is -0.134. The molecule has 0 aromatic carbocycles. The maximum atomic E-state index is 11.9. The number of aliphatic hydroxyl groups excluding tert-OH is 1. The lowest BCUT2D eigenvalue weighted by molar-refractivity contribution is -0.122. The molecule has 0 aliphatic heterocycles. The third-order valence-electron chi connectivity index (χ3n) is 3.69. The van der Waals surface area contributed by atoms with Crippen molar-refractivity contribution in [2.75, 3.05) is 6.61 Å². The van der Waals surface area contributed by atoms with Gasteiger partial charge in [0, 0.05) is 16.3 Å². The Balaban J connectivity index is 1.90. The van der Waals surface area contributed by atoms with Crippen molar-refractivity contribution in [2.45, 2.75) is 38.6 Å². The number of hydrogen-bond acceptors (Lipinski definition) is 3. The highest BCUT2D eigenvalue weighted by molar-refractivity contribution is 7.10. The van der Waals surface area contributed by atoms with Crippen LogP contribution in [0.3, 0.4) is 0 Å². The molecule has 1 saturated carbocycles. The van der Waals surface area contributed by atoms with Gasteiger partial charge >= 0.3 is 0 Å². The minimum atomic E-state index is -0.134. The SMILES string of the molecule is CC1(CO)CCCC1NC(=O)Cc1cccs1. The molecule has 2 N–H and O–H groups in total. The first-order chi connectivity index (χ1) is 8.14. The normalized spacial score (nSPS) is 28.2. The fraction of sp³-hybridized carbons (Fsp3) is 0.615. The van der Waals surface area contributed by atoms with Crippen molar-refractivity contribution in [3.63, 3.8) is 0 Å². The molecule has 1 heterocycles. The Kier molecular flexibility index (Phi) is 3.84. The van der Waals surface area contributed by atoms with Gasteiger partial charge in [-0.3, -0.25) is 4.79 Å². The Labute approximate surface area is 106 Å². The van der Waals surface area contributed by atoms with Crippen molar-refractivity contribution < 1.29 is 9.90 Å². The number of nitrogens with one attached hydrogen (secondary N) is 1. The second kappa shape index (κ2) is 5.19. The van der Waals surface area contributed by atoms with Crippen LogP contribution in [0.4, 0.5) is 0 Å². The summed E-state index contributed by atoms with van der Waals surface area (Å²) in [5, 5.41) is 14.5. The lowest BCUT2D eigenvalue weighted by atomic mass is 9.86. The first kappa shape index (κ1) is 12.6. The highest BCUT2D eigenvalue weighted by atomic mass is 32.1. The zero-order valence-electron chi connectivity index (χ0n) is 10.1. The van der Waals surface area contributed by atoms with Crippen LogP contribution in [0, 0.1) is 5.41 Å². The van der Waals surface area contributed by atoms with Gasteiger partial charge in [0.05, 0.1) is 13.0 Å². The summed E-state index contributed by atoms with van der Waals surface area (Å²) in [5.74, 6) is 0.0685. The van der Waals surface area contributed by atoms with Crippen LogP contribution in [-0.2, 0) is 11.2 Å².